The van der Waals surface area contributed by atoms with E-state index in [9.17, 15) is 19.2 Å². The van der Waals surface area contributed by atoms with Crippen molar-refractivity contribution in [3.05, 3.63) is 75.2 Å². The van der Waals surface area contributed by atoms with E-state index >= 15 is 0 Å². The number of rotatable bonds is 7. The van der Waals surface area contributed by atoms with Crippen LogP contribution >= 0.6 is 15.9 Å². The fourth-order valence-corrected chi connectivity index (χ4v) is 4.82. The fraction of sp³-hybridized carbons (Fsp3) is 0.308. The van der Waals surface area contributed by atoms with Gasteiger partial charge in [-0.05, 0) is 52.5 Å². The normalized spacial score (nSPS) is 14.1. The summed E-state index contributed by atoms with van der Waals surface area (Å²) < 4.78 is 2.35. The summed E-state index contributed by atoms with van der Waals surface area (Å²) in [6.45, 7) is 2.51. The third-order valence-electron chi connectivity index (χ3n) is 6.21. The number of H-pyrrole nitrogens is 1. The quantitative estimate of drug-likeness (QED) is 0.435. The van der Waals surface area contributed by atoms with Gasteiger partial charge in [-0.15, -0.1) is 0 Å². The number of Topliss-reactive ketones (excluding diaryl/α,β-unsaturated/α-hetero) is 1. The van der Waals surface area contributed by atoms with Gasteiger partial charge < -0.3 is 15.2 Å². The van der Waals surface area contributed by atoms with Crippen LogP contribution in [0.5, 0.6) is 0 Å². The molecule has 2 aromatic carbocycles. The first-order valence-corrected chi connectivity index (χ1v) is 12.4. The van der Waals surface area contributed by atoms with E-state index in [0.717, 1.165) is 11.3 Å². The van der Waals surface area contributed by atoms with Crippen LogP contribution in [0.3, 0.4) is 0 Å². The zero-order chi connectivity index (χ0) is 24.9. The van der Waals surface area contributed by atoms with Crippen LogP contribution < -0.4 is 11.0 Å². The Morgan fingerprint density at radius 2 is 1.77 bits per heavy atom. The van der Waals surface area contributed by atoms with Crippen molar-refractivity contribution in [2.45, 2.75) is 38.6 Å². The predicted molar refractivity (Wildman–Crippen MR) is 137 cm³/mol. The van der Waals surface area contributed by atoms with E-state index in [1.54, 1.807) is 27.7 Å². The van der Waals surface area contributed by atoms with Crippen LogP contribution in [0.25, 0.3) is 11.3 Å². The van der Waals surface area contributed by atoms with Crippen LogP contribution in [-0.4, -0.2) is 45.1 Å². The number of imidazole rings is 1. The number of piperidine rings is 1. The zero-order valence-corrected chi connectivity index (χ0v) is 21.0. The molecule has 1 aromatic heterocycles. The first-order chi connectivity index (χ1) is 16.8. The van der Waals surface area contributed by atoms with Gasteiger partial charge in [-0.25, -0.2) is 4.79 Å². The lowest BCUT2D eigenvalue weighted by molar-refractivity contribution is -0.132. The maximum atomic E-state index is 12.7. The Kier molecular flexibility index (Phi) is 7.65. The standard InChI is InChI=1S/C26H27BrN4O4/c1-17(32)28-22-8-7-19(15-21(22)27)24(33)9-10-25(34)30-13-11-20(12-14-30)31-16-23(29-26(31)35)18-5-3-2-4-6-18/h2-8,15-16,20H,9-14H2,1H3,(H,28,32)(H,29,35). The molecule has 4 rings (SSSR count). The van der Waals surface area contributed by atoms with E-state index in [1.807, 2.05) is 36.5 Å². The second-order valence-corrected chi connectivity index (χ2v) is 9.51. The van der Waals surface area contributed by atoms with Crippen molar-refractivity contribution in [3.8, 4) is 11.3 Å². The number of hydrogen-bond donors (Lipinski definition) is 2. The second-order valence-electron chi connectivity index (χ2n) is 8.66. The largest absolute Gasteiger partial charge is 0.343 e. The highest BCUT2D eigenvalue weighted by Crippen LogP contribution is 2.26. The summed E-state index contributed by atoms with van der Waals surface area (Å²) in [7, 11) is 0. The van der Waals surface area contributed by atoms with E-state index in [0.29, 0.717) is 41.7 Å². The van der Waals surface area contributed by atoms with E-state index in [1.165, 1.54) is 6.92 Å². The van der Waals surface area contributed by atoms with E-state index in [2.05, 4.69) is 26.2 Å². The molecule has 1 fully saturated rings. The maximum absolute atomic E-state index is 12.7. The van der Waals surface area contributed by atoms with Crippen molar-refractivity contribution in [3.63, 3.8) is 0 Å². The Morgan fingerprint density at radius 3 is 2.43 bits per heavy atom. The third-order valence-corrected chi connectivity index (χ3v) is 6.86. The first-order valence-electron chi connectivity index (χ1n) is 11.6. The van der Waals surface area contributed by atoms with Gasteiger partial charge in [0.15, 0.2) is 5.78 Å². The summed E-state index contributed by atoms with van der Waals surface area (Å²) >= 11 is 3.36. The van der Waals surface area contributed by atoms with E-state index < -0.39 is 0 Å². The number of hydrogen-bond acceptors (Lipinski definition) is 4. The Hall–Kier alpha value is -3.46. The van der Waals surface area contributed by atoms with Gasteiger partial charge in [0, 0.05) is 55.1 Å². The molecule has 182 valence electrons. The van der Waals surface area contributed by atoms with E-state index in [4.69, 9.17) is 0 Å². The molecule has 0 atom stereocenters. The number of anilines is 1. The number of benzene rings is 2. The fourth-order valence-electron chi connectivity index (χ4n) is 4.34. The number of amides is 2. The minimum Gasteiger partial charge on any atom is -0.343 e. The molecule has 9 heteroatoms. The molecule has 0 unspecified atom stereocenters. The molecule has 1 saturated heterocycles. The Morgan fingerprint density at radius 1 is 1.06 bits per heavy atom. The van der Waals surface area contributed by atoms with Gasteiger partial charge in [0.25, 0.3) is 0 Å². The number of carbonyl (C=O) groups excluding carboxylic acids is 3. The van der Waals surface area contributed by atoms with Crippen molar-refractivity contribution >= 4 is 39.2 Å². The Labute approximate surface area is 211 Å². The number of nitrogens with one attached hydrogen (secondary N) is 2. The molecule has 0 bridgehead atoms. The molecule has 2 N–H and O–H groups in total. The number of likely N-dealkylation sites (tertiary alicyclic amines) is 1. The summed E-state index contributed by atoms with van der Waals surface area (Å²) in [4.78, 5) is 53.7. The van der Waals surface area contributed by atoms with Crippen LogP contribution in [0.4, 0.5) is 5.69 Å². The van der Waals surface area contributed by atoms with Gasteiger partial charge >= 0.3 is 5.69 Å². The maximum Gasteiger partial charge on any atom is 0.326 e. The van der Waals surface area contributed by atoms with Crippen molar-refractivity contribution < 1.29 is 14.4 Å². The molecule has 1 aliphatic heterocycles. The molecule has 0 radical (unpaired) electrons. The predicted octanol–water partition coefficient (Wildman–Crippen LogP) is 4.39. The summed E-state index contributed by atoms with van der Waals surface area (Å²) in [6.07, 6.45) is 3.47. The monoisotopic (exact) mass is 538 g/mol. The van der Waals surface area contributed by atoms with Gasteiger partial charge in [0.1, 0.15) is 0 Å². The molecule has 35 heavy (non-hydrogen) atoms. The smallest absolute Gasteiger partial charge is 0.326 e. The second kappa shape index (κ2) is 10.9. The number of nitrogens with zero attached hydrogens (tertiary/aromatic N) is 2. The van der Waals surface area contributed by atoms with Crippen molar-refractivity contribution in [1.82, 2.24) is 14.5 Å². The third kappa shape index (κ3) is 5.97. The van der Waals surface area contributed by atoms with Gasteiger partial charge in [-0.2, -0.15) is 0 Å². The van der Waals surface area contributed by atoms with Crippen LogP contribution in [0.2, 0.25) is 0 Å². The molecule has 2 heterocycles. The number of carbonyl (C=O) groups is 3. The van der Waals surface area contributed by atoms with Crippen LogP contribution in [0.1, 0.15) is 49.0 Å². The minimum atomic E-state index is -0.197. The highest BCUT2D eigenvalue weighted by molar-refractivity contribution is 9.10. The van der Waals surface area contributed by atoms with Crippen LogP contribution in [-0.2, 0) is 9.59 Å². The number of ketones is 1. The molecule has 8 nitrogen and oxygen atoms in total. The lowest BCUT2D eigenvalue weighted by Gasteiger charge is -2.32. The summed E-state index contributed by atoms with van der Waals surface area (Å²) in [5.41, 5.74) is 2.67. The number of aromatic nitrogens is 2. The lowest BCUT2D eigenvalue weighted by Crippen LogP contribution is -2.40. The average Bonchev–Trinajstić information content (AvgIpc) is 3.25. The van der Waals surface area contributed by atoms with Gasteiger partial charge in [-0.1, -0.05) is 30.3 Å². The van der Waals surface area contributed by atoms with Crippen molar-refractivity contribution in [2.24, 2.45) is 0 Å². The SMILES string of the molecule is CC(=O)Nc1ccc(C(=O)CCC(=O)N2CCC(n3cc(-c4ccccc4)[nH]c3=O)CC2)cc1Br. The summed E-state index contributed by atoms with van der Waals surface area (Å²) in [6, 6.07) is 14.7. The van der Waals surface area contributed by atoms with Gasteiger partial charge in [-0.3, -0.25) is 19.0 Å². The molecule has 3 aromatic rings. The van der Waals surface area contributed by atoms with Gasteiger partial charge in [0.2, 0.25) is 11.8 Å². The van der Waals surface area contributed by atoms with Gasteiger partial charge in [0.05, 0.1) is 11.4 Å². The van der Waals surface area contributed by atoms with Crippen molar-refractivity contribution in [1.29, 1.82) is 0 Å². The highest BCUT2D eigenvalue weighted by Gasteiger charge is 2.25. The minimum absolute atomic E-state index is 0.0290. The Balaban J connectivity index is 1.29. The number of halogens is 1. The molecule has 1 aliphatic rings. The summed E-state index contributed by atoms with van der Waals surface area (Å²) in [5.74, 6) is -0.384. The Bertz CT molecular complexity index is 1290. The summed E-state index contributed by atoms with van der Waals surface area (Å²) in [5, 5.41) is 2.68. The van der Waals surface area contributed by atoms with E-state index in [-0.39, 0.29) is 42.2 Å². The lowest BCUT2D eigenvalue weighted by atomic mass is 10.0. The molecule has 0 aliphatic carbocycles. The highest BCUT2D eigenvalue weighted by atomic mass is 79.9. The molecular formula is C26H27BrN4O4. The zero-order valence-electron chi connectivity index (χ0n) is 19.4. The first kappa shape index (κ1) is 24.7. The number of aromatic amines is 1. The molecule has 0 spiro atoms. The molecule has 0 saturated carbocycles. The van der Waals surface area contributed by atoms with Crippen LogP contribution in [0.15, 0.2) is 64.0 Å². The average molecular weight is 539 g/mol. The van der Waals surface area contributed by atoms with Crippen molar-refractivity contribution in [2.75, 3.05) is 18.4 Å². The molecular weight excluding hydrogens is 512 g/mol. The topological polar surface area (TPSA) is 104 Å². The van der Waals surface area contributed by atoms with Crippen LogP contribution in [0, 0.1) is 0 Å². The molecule has 2 amide bonds.